The van der Waals surface area contributed by atoms with Crippen LogP contribution in [0, 0.1) is 0 Å². The second-order valence-electron chi connectivity index (χ2n) is 6.20. The zero-order valence-corrected chi connectivity index (χ0v) is 12.4. The van der Waals surface area contributed by atoms with Gasteiger partial charge in [-0.1, -0.05) is 45.0 Å². The molecule has 0 saturated carbocycles. The van der Waals surface area contributed by atoms with Crippen molar-refractivity contribution in [3.8, 4) is 11.1 Å². The monoisotopic (exact) mass is 279 g/mol. The lowest BCUT2D eigenvalue weighted by molar-refractivity contribution is 0.110. The van der Waals surface area contributed by atoms with Crippen LogP contribution >= 0.6 is 0 Å². The van der Waals surface area contributed by atoms with E-state index in [2.05, 4.69) is 50.0 Å². The predicted molar refractivity (Wildman–Crippen MR) is 83.5 cm³/mol. The van der Waals surface area contributed by atoms with Gasteiger partial charge in [-0.15, -0.1) is 0 Å². The molecule has 0 unspecified atom stereocenters. The molecule has 21 heavy (non-hydrogen) atoms. The second kappa shape index (κ2) is 4.85. The number of aldehydes is 1. The summed E-state index contributed by atoms with van der Waals surface area (Å²) in [6.07, 6.45) is 4.19. The lowest BCUT2D eigenvalue weighted by Crippen LogP contribution is -2.10. The van der Waals surface area contributed by atoms with Gasteiger partial charge < -0.3 is 4.42 Å². The Hall–Kier alpha value is -2.42. The molecule has 0 amide bonds. The molecule has 0 fully saturated rings. The van der Waals surface area contributed by atoms with Crippen molar-refractivity contribution in [3.63, 3.8) is 0 Å². The first-order valence-corrected chi connectivity index (χ1v) is 6.93. The van der Waals surface area contributed by atoms with Crippen molar-refractivity contribution in [1.29, 1.82) is 0 Å². The summed E-state index contributed by atoms with van der Waals surface area (Å²) in [5.74, 6) is 0.325. The molecule has 0 N–H and O–H groups in total. The van der Waals surface area contributed by atoms with Gasteiger partial charge in [-0.3, -0.25) is 9.78 Å². The van der Waals surface area contributed by atoms with Crippen molar-refractivity contribution in [2.24, 2.45) is 0 Å². The topological polar surface area (TPSA) is 43.1 Å². The Morgan fingerprint density at radius 1 is 1.10 bits per heavy atom. The molecule has 0 aliphatic rings. The largest absolute Gasteiger partial charge is 0.453 e. The summed E-state index contributed by atoms with van der Waals surface area (Å²) in [5, 5.41) is 0.842. The van der Waals surface area contributed by atoms with Gasteiger partial charge in [0.2, 0.25) is 0 Å². The Morgan fingerprint density at radius 2 is 1.81 bits per heavy atom. The third-order valence-corrected chi connectivity index (χ3v) is 3.62. The van der Waals surface area contributed by atoms with E-state index in [0.29, 0.717) is 17.6 Å². The van der Waals surface area contributed by atoms with Crippen molar-refractivity contribution in [3.05, 3.63) is 54.0 Å². The molecule has 0 aliphatic heterocycles. The van der Waals surface area contributed by atoms with E-state index < -0.39 is 0 Å². The smallest absolute Gasteiger partial charge is 0.185 e. The molecule has 3 nitrogen and oxygen atoms in total. The van der Waals surface area contributed by atoms with Crippen LogP contribution in [0.15, 0.2) is 47.1 Å². The molecule has 0 spiro atoms. The first-order valence-electron chi connectivity index (χ1n) is 6.93. The van der Waals surface area contributed by atoms with Crippen LogP contribution in [0.1, 0.15) is 36.9 Å². The number of rotatable bonds is 2. The van der Waals surface area contributed by atoms with Crippen molar-refractivity contribution in [2.45, 2.75) is 26.2 Å². The average molecular weight is 279 g/mol. The Kier molecular flexibility index (Phi) is 3.13. The molecule has 3 aromatic rings. The number of carbonyl (C=O) groups is 1. The molecule has 0 atom stereocenters. The highest BCUT2D eigenvalue weighted by Crippen LogP contribution is 2.31. The molecule has 0 radical (unpaired) electrons. The molecular weight excluding hydrogens is 262 g/mol. The van der Waals surface area contributed by atoms with Crippen LogP contribution in [-0.2, 0) is 5.41 Å². The fourth-order valence-corrected chi connectivity index (χ4v) is 2.40. The number of hydrogen-bond acceptors (Lipinski definition) is 3. The van der Waals surface area contributed by atoms with Crippen molar-refractivity contribution in [1.82, 2.24) is 4.98 Å². The van der Waals surface area contributed by atoms with E-state index in [4.69, 9.17) is 4.42 Å². The Labute approximate surface area is 123 Å². The van der Waals surface area contributed by atoms with Gasteiger partial charge >= 0.3 is 0 Å². The summed E-state index contributed by atoms with van der Waals surface area (Å²) in [5.41, 5.74) is 4.04. The minimum atomic E-state index is 0.123. The Morgan fingerprint density at radius 3 is 2.43 bits per heavy atom. The number of fused-ring (bicyclic) bond motifs is 1. The Bertz CT molecular complexity index is 792. The van der Waals surface area contributed by atoms with Crippen LogP contribution in [-0.4, -0.2) is 11.3 Å². The summed E-state index contributed by atoms with van der Waals surface area (Å²) in [6, 6.07) is 10.1. The molecule has 3 heteroatoms. The second-order valence-corrected chi connectivity index (χ2v) is 6.20. The lowest BCUT2D eigenvalue weighted by atomic mass is 9.86. The molecule has 0 saturated heterocycles. The SMILES string of the molecule is CC(C)(C)c1ccc(-c2cncc3cc(C=O)oc23)cc1. The number of carbonyl (C=O) groups excluding carboxylic acids is 1. The molecule has 2 aromatic heterocycles. The number of furan rings is 1. The van der Waals surface area contributed by atoms with Crippen molar-refractivity contribution >= 4 is 17.3 Å². The molecule has 0 bridgehead atoms. The maximum atomic E-state index is 10.9. The van der Waals surface area contributed by atoms with E-state index >= 15 is 0 Å². The third-order valence-electron chi connectivity index (χ3n) is 3.62. The minimum absolute atomic E-state index is 0.123. The first-order chi connectivity index (χ1) is 9.99. The van der Waals surface area contributed by atoms with Gasteiger partial charge in [0.05, 0.1) is 0 Å². The van der Waals surface area contributed by atoms with Crippen LogP contribution < -0.4 is 0 Å². The molecule has 2 heterocycles. The maximum Gasteiger partial charge on any atom is 0.185 e. The van der Waals surface area contributed by atoms with E-state index in [1.807, 2.05) is 0 Å². The highest BCUT2D eigenvalue weighted by molar-refractivity contribution is 5.94. The van der Waals surface area contributed by atoms with Gasteiger partial charge in [-0.25, -0.2) is 0 Å². The van der Waals surface area contributed by atoms with Crippen molar-refractivity contribution < 1.29 is 9.21 Å². The van der Waals surface area contributed by atoms with Crippen LogP contribution in [0.2, 0.25) is 0 Å². The highest BCUT2D eigenvalue weighted by atomic mass is 16.3. The number of pyridine rings is 1. The summed E-state index contributed by atoms with van der Waals surface area (Å²) in [7, 11) is 0. The fraction of sp³-hybridized carbons (Fsp3) is 0.222. The van der Waals surface area contributed by atoms with Gasteiger partial charge in [-0.2, -0.15) is 0 Å². The molecule has 0 aliphatic carbocycles. The number of hydrogen-bond donors (Lipinski definition) is 0. The minimum Gasteiger partial charge on any atom is -0.453 e. The van der Waals surface area contributed by atoms with E-state index in [1.165, 1.54) is 5.56 Å². The first kappa shape index (κ1) is 13.6. The van der Waals surface area contributed by atoms with Crippen LogP contribution in [0.25, 0.3) is 22.1 Å². The van der Waals surface area contributed by atoms with E-state index in [9.17, 15) is 4.79 Å². The maximum absolute atomic E-state index is 10.9. The molecule has 3 rings (SSSR count). The molecule has 106 valence electrons. The average Bonchev–Trinajstić information content (AvgIpc) is 2.89. The summed E-state index contributed by atoms with van der Waals surface area (Å²) >= 11 is 0. The van der Waals surface area contributed by atoms with Crippen LogP contribution in [0.3, 0.4) is 0 Å². The van der Waals surface area contributed by atoms with Crippen molar-refractivity contribution in [2.75, 3.05) is 0 Å². The van der Waals surface area contributed by atoms with E-state index in [-0.39, 0.29) is 5.41 Å². The van der Waals surface area contributed by atoms with Crippen LogP contribution in [0.5, 0.6) is 0 Å². The third kappa shape index (κ3) is 2.47. The summed E-state index contributed by atoms with van der Waals surface area (Å²) in [6.45, 7) is 6.56. The quantitative estimate of drug-likeness (QED) is 0.644. The van der Waals surface area contributed by atoms with Crippen LogP contribution in [0.4, 0.5) is 0 Å². The van der Waals surface area contributed by atoms with Gasteiger partial charge in [-0.05, 0) is 22.6 Å². The predicted octanol–water partition coefficient (Wildman–Crippen LogP) is 4.60. The summed E-state index contributed by atoms with van der Waals surface area (Å²) in [4.78, 5) is 15.1. The standard InChI is InChI=1S/C18H17NO2/c1-18(2,3)14-6-4-12(5-7-14)16-10-19-9-13-8-15(11-20)21-17(13)16/h4-11H,1-3H3. The number of aromatic nitrogens is 1. The molecular formula is C18H17NO2. The number of benzene rings is 1. The lowest BCUT2D eigenvalue weighted by Gasteiger charge is -2.19. The molecule has 1 aromatic carbocycles. The number of nitrogens with zero attached hydrogens (tertiary/aromatic N) is 1. The van der Waals surface area contributed by atoms with Gasteiger partial charge in [0.1, 0.15) is 5.58 Å². The zero-order valence-electron chi connectivity index (χ0n) is 12.4. The van der Waals surface area contributed by atoms with Gasteiger partial charge in [0.25, 0.3) is 0 Å². The van der Waals surface area contributed by atoms with E-state index in [1.54, 1.807) is 18.5 Å². The summed E-state index contributed by atoms with van der Waals surface area (Å²) < 4.78 is 5.59. The zero-order chi connectivity index (χ0) is 15.0. The highest BCUT2D eigenvalue weighted by Gasteiger charge is 2.14. The van der Waals surface area contributed by atoms with Gasteiger partial charge in [0.15, 0.2) is 12.0 Å². The normalized spacial score (nSPS) is 11.8. The Balaban J connectivity index is 2.12. The fourth-order valence-electron chi connectivity index (χ4n) is 2.40. The van der Waals surface area contributed by atoms with E-state index in [0.717, 1.165) is 16.5 Å². The van der Waals surface area contributed by atoms with Gasteiger partial charge in [0, 0.05) is 23.3 Å².